The number of halogens is 3. The predicted molar refractivity (Wildman–Crippen MR) is 258 cm³/mol. The fraction of sp³-hybridized carbons (Fsp3) is 0.308. The van der Waals surface area contributed by atoms with Gasteiger partial charge in [0.1, 0.15) is 42.7 Å². The van der Waals surface area contributed by atoms with Crippen molar-refractivity contribution in [2.75, 3.05) is 44.3 Å². The molecule has 2 saturated heterocycles. The van der Waals surface area contributed by atoms with Crippen molar-refractivity contribution in [2.45, 2.75) is 51.6 Å². The van der Waals surface area contributed by atoms with Gasteiger partial charge in [0, 0.05) is 36.3 Å². The SMILES string of the molecule is C[C@H]1COc2c(F)c(F)cc3c(=O)c(C(=O)O)cn1c23.C[C@H]1COc2c(N3CC[C@@H](Cc4ncnc5ccccc45)C3)c(F)cc3c(=O)c(C(=O)O)cn1c23.c1ccc2c(C[C@@H]3CCNC3)ncnc2c1. The molecule has 71 heavy (non-hydrogen) atoms. The molecule has 19 heteroatoms. The van der Waals surface area contributed by atoms with Crippen molar-refractivity contribution in [3.63, 3.8) is 0 Å². The van der Waals surface area contributed by atoms with E-state index < -0.39 is 45.8 Å². The Hall–Kier alpha value is -7.93. The Kier molecular flexibility index (Phi) is 12.6. The van der Waals surface area contributed by atoms with Gasteiger partial charge in [-0.05, 0) is 88.7 Å². The Labute approximate surface area is 402 Å². The second-order valence-corrected chi connectivity index (χ2v) is 18.4. The summed E-state index contributed by atoms with van der Waals surface area (Å²) in [6.45, 7) is 7.43. The number of hydrogen-bond acceptors (Lipinski definition) is 12. The highest BCUT2D eigenvalue weighted by molar-refractivity contribution is 5.98. The van der Waals surface area contributed by atoms with E-state index in [-0.39, 0.29) is 58.8 Å². The van der Waals surface area contributed by atoms with Crippen LogP contribution in [0.4, 0.5) is 18.9 Å². The second kappa shape index (κ2) is 19.1. The van der Waals surface area contributed by atoms with Gasteiger partial charge in [0.15, 0.2) is 23.1 Å². The average molecular weight is 969 g/mol. The van der Waals surface area contributed by atoms with Gasteiger partial charge < -0.3 is 39.0 Å². The number of fused-ring (bicyclic) bond motifs is 2. The number of aromatic carboxylic acids is 2. The van der Waals surface area contributed by atoms with E-state index in [1.807, 2.05) is 48.2 Å². The molecule has 4 aromatic heterocycles. The van der Waals surface area contributed by atoms with Gasteiger partial charge >= 0.3 is 11.9 Å². The highest BCUT2D eigenvalue weighted by Crippen LogP contribution is 2.44. The number of para-hydroxylation sites is 2. The summed E-state index contributed by atoms with van der Waals surface area (Å²) in [5.74, 6) is -4.80. The summed E-state index contributed by atoms with van der Waals surface area (Å²) in [5.41, 5.74) is 2.56. The van der Waals surface area contributed by atoms with Crippen LogP contribution in [0.3, 0.4) is 0 Å². The van der Waals surface area contributed by atoms with E-state index in [0.717, 1.165) is 72.6 Å². The van der Waals surface area contributed by atoms with E-state index in [0.29, 0.717) is 36.1 Å². The molecule has 4 atom stereocenters. The normalized spacial score (nSPS) is 18.9. The summed E-state index contributed by atoms with van der Waals surface area (Å²) in [6.07, 6.45) is 9.68. The van der Waals surface area contributed by atoms with Gasteiger partial charge in [-0.3, -0.25) is 9.59 Å². The zero-order chi connectivity index (χ0) is 49.7. The molecule has 4 aromatic carbocycles. The van der Waals surface area contributed by atoms with Gasteiger partial charge in [-0.25, -0.2) is 38.3 Å². The maximum absolute atomic E-state index is 15.5. The highest BCUT2D eigenvalue weighted by atomic mass is 19.2. The number of pyridine rings is 2. The first-order valence-electron chi connectivity index (χ1n) is 23.3. The molecule has 0 bridgehead atoms. The molecule has 12 rings (SSSR count). The van der Waals surface area contributed by atoms with Crippen molar-refractivity contribution in [3.05, 3.63) is 146 Å². The number of carboxylic acid groups (broad SMARTS) is 2. The number of aromatic nitrogens is 6. The number of nitrogens with one attached hydrogen (secondary N) is 1. The number of ether oxygens (including phenoxy) is 2. The third-order valence-corrected chi connectivity index (χ3v) is 13.7. The van der Waals surface area contributed by atoms with E-state index in [1.54, 1.807) is 24.1 Å². The summed E-state index contributed by atoms with van der Waals surface area (Å²) in [4.78, 5) is 67.1. The molecule has 4 aliphatic heterocycles. The number of hydrogen-bond donors (Lipinski definition) is 3. The van der Waals surface area contributed by atoms with Crippen LogP contribution in [0.2, 0.25) is 0 Å². The molecule has 16 nitrogen and oxygen atoms in total. The molecule has 0 aliphatic carbocycles. The average Bonchev–Trinajstić information content (AvgIpc) is 4.06. The summed E-state index contributed by atoms with van der Waals surface area (Å²) in [7, 11) is 0. The van der Waals surface area contributed by atoms with Crippen LogP contribution in [-0.4, -0.2) is 90.6 Å². The van der Waals surface area contributed by atoms with Crippen LogP contribution in [0.5, 0.6) is 11.5 Å². The number of anilines is 1. The Morgan fingerprint density at radius 1 is 0.690 bits per heavy atom. The molecule has 0 saturated carbocycles. The van der Waals surface area contributed by atoms with E-state index in [9.17, 15) is 33.1 Å². The van der Waals surface area contributed by atoms with Crippen molar-refractivity contribution in [3.8, 4) is 11.5 Å². The molecular weight excluding hydrogens is 922 g/mol. The standard InChI is InChI=1S/C26H23FN4O4.C13H9F2NO4.C13H15N3/c1-14-12-35-25-22-17(24(32)18(26(33)34)11-31(14)22)9-19(27)23(25)30-7-6-15(10-30)8-21-16-4-2-3-5-20(16)28-13-29-21;1-5-4-20-12-9(15)8(14)2-6-10(12)16(5)3-7(11(6)17)13(18)19;1-2-4-12-11(3-1)13(16-9-15-12)7-10-5-6-14-8-10/h2-5,9,11,13-15H,6-8,10,12H2,1H3,(H,33,34);2-3,5H,4H2,1H3,(H,18,19);1-4,9-10,14H,5-8H2/t14-,15-;5-;10-/m000/s1. The lowest BCUT2D eigenvalue weighted by Gasteiger charge is -2.31. The Balaban J connectivity index is 0.000000136. The molecule has 8 heterocycles. The first-order chi connectivity index (χ1) is 34.3. The van der Waals surface area contributed by atoms with Gasteiger partial charge in [-0.2, -0.15) is 4.39 Å². The van der Waals surface area contributed by atoms with Crippen molar-refractivity contribution in [1.29, 1.82) is 0 Å². The van der Waals surface area contributed by atoms with Crippen molar-refractivity contribution in [2.24, 2.45) is 11.8 Å². The number of carbonyl (C=O) groups is 2. The van der Waals surface area contributed by atoms with Gasteiger partial charge in [0.05, 0.1) is 56.3 Å². The third-order valence-electron chi connectivity index (χ3n) is 13.7. The summed E-state index contributed by atoms with van der Waals surface area (Å²) >= 11 is 0. The lowest BCUT2D eigenvalue weighted by Crippen LogP contribution is -2.29. The summed E-state index contributed by atoms with van der Waals surface area (Å²) < 4.78 is 57.1. The molecule has 0 amide bonds. The molecule has 4 aliphatic rings. The second-order valence-electron chi connectivity index (χ2n) is 18.4. The quantitative estimate of drug-likeness (QED) is 0.141. The molecule has 8 aromatic rings. The molecule has 0 radical (unpaired) electrons. The predicted octanol–water partition coefficient (Wildman–Crippen LogP) is 7.52. The van der Waals surface area contributed by atoms with E-state index in [1.165, 1.54) is 28.3 Å². The lowest BCUT2D eigenvalue weighted by atomic mass is 10.00. The maximum Gasteiger partial charge on any atom is 0.341 e. The zero-order valence-corrected chi connectivity index (χ0v) is 38.6. The smallest absolute Gasteiger partial charge is 0.341 e. The molecule has 364 valence electrons. The van der Waals surface area contributed by atoms with Crippen LogP contribution in [0.15, 0.2) is 95.3 Å². The largest absolute Gasteiger partial charge is 0.487 e. The van der Waals surface area contributed by atoms with Crippen LogP contribution in [0, 0.1) is 29.3 Å². The number of benzene rings is 4. The van der Waals surface area contributed by atoms with Gasteiger partial charge in [0.2, 0.25) is 16.7 Å². The third kappa shape index (κ3) is 8.74. The number of carboxylic acids is 2. The molecule has 0 spiro atoms. The molecule has 0 unspecified atom stereocenters. The van der Waals surface area contributed by atoms with Gasteiger partial charge in [0.25, 0.3) is 0 Å². The van der Waals surface area contributed by atoms with Gasteiger partial charge in [-0.1, -0.05) is 36.4 Å². The summed E-state index contributed by atoms with van der Waals surface area (Å²) in [6, 6.07) is 17.5. The van der Waals surface area contributed by atoms with Crippen molar-refractivity contribution < 1.29 is 42.4 Å². The van der Waals surface area contributed by atoms with Crippen LogP contribution >= 0.6 is 0 Å². The van der Waals surface area contributed by atoms with Crippen LogP contribution in [0.1, 0.15) is 70.9 Å². The molecule has 2 fully saturated rings. The van der Waals surface area contributed by atoms with E-state index in [4.69, 9.17) is 14.6 Å². The highest BCUT2D eigenvalue weighted by Gasteiger charge is 2.34. The minimum absolute atomic E-state index is 0.0240. The van der Waals surface area contributed by atoms with Crippen molar-refractivity contribution >= 4 is 61.2 Å². The first kappa shape index (κ1) is 46.8. The molecular formula is C52H47F3N8O8. The topological polar surface area (TPSA) is 204 Å². The van der Waals surface area contributed by atoms with Crippen molar-refractivity contribution in [1.82, 2.24) is 34.4 Å². The van der Waals surface area contributed by atoms with Gasteiger partial charge in [-0.15, -0.1) is 0 Å². The van der Waals surface area contributed by atoms with Crippen LogP contribution < -0.4 is 30.5 Å². The number of rotatable bonds is 7. The summed E-state index contributed by atoms with van der Waals surface area (Å²) in [5, 5.41) is 24.0. The Bertz CT molecular complexity index is 3550. The van der Waals surface area contributed by atoms with Crippen LogP contribution in [0.25, 0.3) is 43.6 Å². The Morgan fingerprint density at radius 2 is 1.21 bits per heavy atom. The zero-order valence-electron chi connectivity index (χ0n) is 38.6. The maximum atomic E-state index is 15.5. The fourth-order valence-corrected chi connectivity index (χ4v) is 10.1. The van der Waals surface area contributed by atoms with E-state index in [2.05, 4.69) is 37.4 Å². The number of nitrogens with zero attached hydrogens (tertiary/aromatic N) is 7. The fourth-order valence-electron chi connectivity index (χ4n) is 10.1. The first-order valence-corrected chi connectivity index (χ1v) is 23.3. The Morgan fingerprint density at radius 3 is 1.76 bits per heavy atom. The minimum Gasteiger partial charge on any atom is -0.487 e. The molecule has 3 N–H and O–H groups in total. The monoisotopic (exact) mass is 968 g/mol. The minimum atomic E-state index is -1.41. The van der Waals surface area contributed by atoms with Crippen LogP contribution in [-0.2, 0) is 12.8 Å². The lowest BCUT2D eigenvalue weighted by molar-refractivity contribution is 0.0683. The van der Waals surface area contributed by atoms with E-state index >= 15 is 4.39 Å².